The highest BCUT2D eigenvalue weighted by Gasteiger charge is 2.31. The molecule has 1 saturated carbocycles. The maximum atomic E-state index is 5.43. The van der Waals surface area contributed by atoms with Crippen LogP contribution in [0.1, 0.15) is 31.6 Å². The van der Waals surface area contributed by atoms with Crippen LogP contribution in [-0.2, 0) is 0 Å². The molecule has 1 fully saturated rings. The summed E-state index contributed by atoms with van der Waals surface area (Å²) >= 11 is 0. The maximum Gasteiger partial charge on any atom is 0.230 e. The molecule has 0 spiro atoms. The highest BCUT2D eigenvalue weighted by atomic mass is 16.5. The SMILES string of the molecule is CCN(C)c1nc2ccccc2n2cnc(-c3noc(C4CC4)n3)c12. The van der Waals surface area contributed by atoms with E-state index in [1.54, 1.807) is 0 Å². The Morgan fingerprint density at radius 1 is 1.24 bits per heavy atom. The van der Waals surface area contributed by atoms with Crippen LogP contribution < -0.4 is 4.90 Å². The first-order valence-corrected chi connectivity index (χ1v) is 8.57. The third-order valence-electron chi connectivity index (χ3n) is 4.76. The zero-order valence-electron chi connectivity index (χ0n) is 14.2. The summed E-state index contributed by atoms with van der Waals surface area (Å²) in [5.41, 5.74) is 3.56. The van der Waals surface area contributed by atoms with Crippen molar-refractivity contribution in [1.82, 2.24) is 24.5 Å². The van der Waals surface area contributed by atoms with Crippen LogP contribution >= 0.6 is 0 Å². The fraction of sp³-hybridized carbons (Fsp3) is 0.333. The monoisotopic (exact) mass is 334 g/mol. The van der Waals surface area contributed by atoms with Gasteiger partial charge in [0.25, 0.3) is 0 Å². The van der Waals surface area contributed by atoms with Crippen molar-refractivity contribution in [3.05, 3.63) is 36.5 Å². The normalized spacial score (nSPS) is 14.5. The Hall–Kier alpha value is -2.96. The third-order valence-corrected chi connectivity index (χ3v) is 4.76. The third kappa shape index (κ3) is 2.19. The highest BCUT2D eigenvalue weighted by molar-refractivity contribution is 5.91. The summed E-state index contributed by atoms with van der Waals surface area (Å²) in [6.07, 6.45) is 4.07. The summed E-state index contributed by atoms with van der Waals surface area (Å²) < 4.78 is 7.49. The molecule has 5 rings (SSSR count). The summed E-state index contributed by atoms with van der Waals surface area (Å²) in [7, 11) is 2.03. The standard InChI is InChI=1S/C18H18N6O/c1-3-23(2)17-15-14(16-21-18(25-22-16)11-8-9-11)19-10-24(15)13-7-5-4-6-12(13)20-17/h4-7,10-11H,3,8-9H2,1-2H3. The number of benzene rings is 1. The lowest BCUT2D eigenvalue weighted by atomic mass is 10.2. The number of nitrogens with zero attached hydrogens (tertiary/aromatic N) is 6. The molecule has 7 nitrogen and oxygen atoms in total. The Morgan fingerprint density at radius 3 is 2.88 bits per heavy atom. The van der Waals surface area contributed by atoms with Crippen LogP contribution in [0.15, 0.2) is 35.1 Å². The first-order chi connectivity index (χ1) is 12.3. The Kier molecular flexibility index (Phi) is 3.03. The molecule has 25 heavy (non-hydrogen) atoms. The number of hydrogen-bond acceptors (Lipinski definition) is 6. The summed E-state index contributed by atoms with van der Waals surface area (Å²) in [5.74, 6) is 2.54. The number of rotatable bonds is 4. The molecule has 1 aliphatic rings. The Morgan fingerprint density at radius 2 is 2.08 bits per heavy atom. The van der Waals surface area contributed by atoms with Gasteiger partial charge < -0.3 is 9.42 Å². The van der Waals surface area contributed by atoms with Gasteiger partial charge in [0.2, 0.25) is 11.7 Å². The van der Waals surface area contributed by atoms with Gasteiger partial charge >= 0.3 is 0 Å². The van der Waals surface area contributed by atoms with E-state index in [2.05, 4.69) is 31.3 Å². The van der Waals surface area contributed by atoms with Crippen LogP contribution in [0.4, 0.5) is 5.82 Å². The molecular formula is C18H18N6O. The number of imidazole rings is 1. The number of hydrogen-bond donors (Lipinski definition) is 0. The second kappa shape index (κ2) is 5.27. The van der Waals surface area contributed by atoms with Crippen LogP contribution in [0.3, 0.4) is 0 Å². The molecule has 1 aromatic carbocycles. The molecule has 7 heteroatoms. The molecule has 3 heterocycles. The fourth-order valence-corrected chi connectivity index (χ4v) is 3.08. The summed E-state index contributed by atoms with van der Waals surface area (Å²) in [6.45, 7) is 2.94. The molecular weight excluding hydrogens is 316 g/mol. The van der Waals surface area contributed by atoms with Gasteiger partial charge in [-0.3, -0.25) is 4.40 Å². The summed E-state index contributed by atoms with van der Waals surface area (Å²) in [4.78, 5) is 16.1. The lowest BCUT2D eigenvalue weighted by molar-refractivity contribution is 0.380. The van der Waals surface area contributed by atoms with E-state index >= 15 is 0 Å². The van der Waals surface area contributed by atoms with Crippen molar-refractivity contribution >= 4 is 22.4 Å². The first kappa shape index (κ1) is 14.4. The molecule has 0 radical (unpaired) electrons. The van der Waals surface area contributed by atoms with E-state index in [0.29, 0.717) is 17.4 Å². The van der Waals surface area contributed by atoms with E-state index in [1.807, 2.05) is 37.6 Å². The highest BCUT2D eigenvalue weighted by Crippen LogP contribution is 2.40. The zero-order chi connectivity index (χ0) is 17.0. The topological polar surface area (TPSA) is 72.4 Å². The molecule has 4 aromatic rings. The molecule has 126 valence electrons. The van der Waals surface area contributed by atoms with E-state index in [0.717, 1.165) is 47.6 Å². The van der Waals surface area contributed by atoms with Crippen molar-refractivity contribution < 1.29 is 4.52 Å². The van der Waals surface area contributed by atoms with Crippen LogP contribution in [0.2, 0.25) is 0 Å². The molecule has 0 amide bonds. The average molecular weight is 334 g/mol. The van der Waals surface area contributed by atoms with Crippen molar-refractivity contribution in [3.63, 3.8) is 0 Å². The molecule has 0 aliphatic heterocycles. The second-order valence-electron chi connectivity index (χ2n) is 6.48. The largest absolute Gasteiger partial charge is 0.358 e. The molecule has 0 atom stereocenters. The first-order valence-electron chi connectivity index (χ1n) is 8.57. The Labute approximate surface area is 144 Å². The van der Waals surface area contributed by atoms with E-state index in [9.17, 15) is 0 Å². The van der Waals surface area contributed by atoms with Gasteiger partial charge in [-0.05, 0) is 31.9 Å². The van der Waals surface area contributed by atoms with Gasteiger partial charge in [0.15, 0.2) is 5.82 Å². The van der Waals surface area contributed by atoms with Crippen molar-refractivity contribution in [2.24, 2.45) is 0 Å². The minimum Gasteiger partial charge on any atom is -0.358 e. The quantitative estimate of drug-likeness (QED) is 0.570. The molecule has 1 aliphatic carbocycles. The predicted octanol–water partition coefficient (Wildman–Crippen LogP) is 3.27. The molecule has 0 saturated heterocycles. The molecule has 0 unspecified atom stereocenters. The number of fused-ring (bicyclic) bond motifs is 3. The molecule has 0 N–H and O–H groups in total. The lowest BCUT2D eigenvalue weighted by Gasteiger charge is -2.18. The van der Waals surface area contributed by atoms with E-state index in [1.165, 1.54) is 0 Å². The molecule has 0 bridgehead atoms. The smallest absolute Gasteiger partial charge is 0.230 e. The van der Waals surface area contributed by atoms with Gasteiger partial charge in [0.05, 0.1) is 11.0 Å². The minimum atomic E-state index is 0.423. The number of para-hydroxylation sites is 2. The Bertz CT molecular complexity index is 1080. The van der Waals surface area contributed by atoms with Gasteiger partial charge in [0.1, 0.15) is 17.5 Å². The number of anilines is 1. The van der Waals surface area contributed by atoms with Crippen molar-refractivity contribution in [2.75, 3.05) is 18.5 Å². The van der Waals surface area contributed by atoms with Crippen LogP contribution in [-0.4, -0.2) is 38.1 Å². The van der Waals surface area contributed by atoms with Gasteiger partial charge in [-0.2, -0.15) is 4.98 Å². The van der Waals surface area contributed by atoms with Crippen LogP contribution in [0.5, 0.6) is 0 Å². The molecule has 3 aromatic heterocycles. The van der Waals surface area contributed by atoms with E-state index < -0.39 is 0 Å². The van der Waals surface area contributed by atoms with Crippen molar-refractivity contribution in [1.29, 1.82) is 0 Å². The van der Waals surface area contributed by atoms with E-state index in [4.69, 9.17) is 9.51 Å². The van der Waals surface area contributed by atoms with Crippen molar-refractivity contribution in [3.8, 4) is 11.5 Å². The van der Waals surface area contributed by atoms with Crippen molar-refractivity contribution in [2.45, 2.75) is 25.7 Å². The predicted molar refractivity (Wildman–Crippen MR) is 94.7 cm³/mol. The minimum absolute atomic E-state index is 0.423. The average Bonchev–Trinajstić information content (AvgIpc) is 3.21. The van der Waals surface area contributed by atoms with Crippen LogP contribution in [0.25, 0.3) is 28.1 Å². The van der Waals surface area contributed by atoms with Gasteiger partial charge in [0, 0.05) is 19.5 Å². The lowest BCUT2D eigenvalue weighted by Crippen LogP contribution is -2.18. The fourth-order valence-electron chi connectivity index (χ4n) is 3.08. The van der Waals surface area contributed by atoms with Crippen LogP contribution in [0, 0.1) is 0 Å². The van der Waals surface area contributed by atoms with Gasteiger partial charge in [-0.15, -0.1) is 0 Å². The summed E-state index contributed by atoms with van der Waals surface area (Å²) in [5, 5.41) is 4.17. The number of aromatic nitrogens is 5. The van der Waals surface area contributed by atoms with E-state index in [-0.39, 0.29) is 0 Å². The van der Waals surface area contributed by atoms with Gasteiger partial charge in [-0.25, -0.2) is 9.97 Å². The Balaban J connectivity index is 1.79. The maximum absolute atomic E-state index is 5.43. The summed E-state index contributed by atoms with van der Waals surface area (Å²) in [6, 6.07) is 8.06. The second-order valence-corrected chi connectivity index (χ2v) is 6.48. The van der Waals surface area contributed by atoms with Gasteiger partial charge in [-0.1, -0.05) is 17.3 Å². The zero-order valence-corrected chi connectivity index (χ0v) is 14.2.